The topological polar surface area (TPSA) is 61.0 Å². The number of ether oxygens (including phenoxy) is 1. The van der Waals surface area contributed by atoms with Crippen LogP contribution in [0.4, 0.5) is 5.82 Å². The Kier molecular flexibility index (Phi) is 3.61. The second-order valence-corrected chi connectivity index (χ2v) is 4.45. The largest absolute Gasteiger partial charge is 0.477 e. The lowest BCUT2D eigenvalue weighted by Gasteiger charge is -2.10. The van der Waals surface area contributed by atoms with Crippen molar-refractivity contribution in [2.24, 2.45) is 0 Å². The number of nitrogens with zero attached hydrogens (tertiary/aromatic N) is 2. The highest BCUT2D eigenvalue weighted by Crippen LogP contribution is 2.39. The number of nitrogens with two attached hydrogens (primary N) is 1. The molecular weight excluding hydrogens is 214 g/mol. The molecular formula is C13H19N3O. The normalized spacial score (nSPS) is 14.6. The highest BCUT2D eigenvalue weighted by molar-refractivity contribution is 5.45. The Morgan fingerprint density at radius 3 is 2.88 bits per heavy atom. The summed E-state index contributed by atoms with van der Waals surface area (Å²) in [4.78, 5) is 8.76. The lowest BCUT2D eigenvalue weighted by molar-refractivity contribution is 0.296. The van der Waals surface area contributed by atoms with Crippen LogP contribution in [-0.2, 0) is 0 Å². The molecule has 0 spiro atoms. The number of aromatic nitrogens is 2. The number of rotatable bonds is 6. The van der Waals surface area contributed by atoms with Crippen molar-refractivity contribution in [2.75, 3.05) is 12.3 Å². The molecule has 1 aliphatic rings. The summed E-state index contributed by atoms with van der Waals surface area (Å²) in [5.41, 5.74) is 6.71. The zero-order chi connectivity index (χ0) is 12.3. The average Bonchev–Trinajstić information content (AvgIpc) is 3.13. The molecule has 0 aromatic carbocycles. The molecule has 0 bridgehead atoms. The summed E-state index contributed by atoms with van der Waals surface area (Å²) < 4.78 is 5.66. The van der Waals surface area contributed by atoms with Crippen LogP contribution in [0.2, 0.25) is 0 Å². The second kappa shape index (κ2) is 5.17. The van der Waals surface area contributed by atoms with Gasteiger partial charge in [0.25, 0.3) is 0 Å². The van der Waals surface area contributed by atoms with Gasteiger partial charge in [-0.3, -0.25) is 0 Å². The van der Waals surface area contributed by atoms with Gasteiger partial charge in [0.2, 0.25) is 5.88 Å². The predicted octanol–water partition coefficient (Wildman–Crippen LogP) is 2.59. The third-order valence-corrected chi connectivity index (χ3v) is 2.89. The van der Waals surface area contributed by atoms with E-state index in [4.69, 9.17) is 10.5 Å². The van der Waals surface area contributed by atoms with Gasteiger partial charge in [0.05, 0.1) is 12.2 Å². The van der Waals surface area contributed by atoms with E-state index in [1.165, 1.54) is 12.8 Å². The van der Waals surface area contributed by atoms with Crippen LogP contribution >= 0.6 is 0 Å². The third-order valence-electron chi connectivity index (χ3n) is 2.89. The Balaban J connectivity index is 2.05. The molecule has 0 radical (unpaired) electrons. The molecule has 0 saturated heterocycles. The third kappa shape index (κ3) is 2.96. The second-order valence-electron chi connectivity index (χ2n) is 4.45. The molecule has 2 N–H and O–H groups in total. The molecule has 1 heterocycles. The maximum absolute atomic E-state index is 5.87. The van der Waals surface area contributed by atoms with E-state index in [0.717, 1.165) is 24.2 Å². The minimum atomic E-state index is 0.494. The Bertz CT molecular complexity index is 413. The summed E-state index contributed by atoms with van der Waals surface area (Å²) in [6.07, 6.45) is 6.12. The lowest BCUT2D eigenvalue weighted by atomic mass is 10.3. The zero-order valence-corrected chi connectivity index (χ0v) is 10.3. The first-order chi connectivity index (χ1) is 8.22. The van der Waals surface area contributed by atoms with Gasteiger partial charge < -0.3 is 10.5 Å². The van der Waals surface area contributed by atoms with Crippen molar-refractivity contribution in [2.45, 2.75) is 38.5 Å². The molecule has 0 unspecified atom stereocenters. The monoisotopic (exact) mass is 233 g/mol. The number of hydrogen-bond acceptors (Lipinski definition) is 4. The molecule has 1 aromatic heterocycles. The molecule has 92 valence electrons. The number of unbranched alkanes of at least 4 members (excludes halogenated alkanes) is 1. The van der Waals surface area contributed by atoms with Crippen molar-refractivity contribution >= 4 is 5.82 Å². The molecule has 1 fully saturated rings. The Morgan fingerprint density at radius 2 is 2.24 bits per heavy atom. The van der Waals surface area contributed by atoms with Gasteiger partial charge in [0, 0.05) is 5.92 Å². The fourth-order valence-corrected chi connectivity index (χ4v) is 1.59. The Hall–Kier alpha value is -1.58. The number of nitrogen functional groups attached to an aromatic ring is 1. The van der Waals surface area contributed by atoms with Crippen LogP contribution in [0, 0.1) is 6.92 Å². The predicted molar refractivity (Wildman–Crippen MR) is 68.1 cm³/mol. The van der Waals surface area contributed by atoms with Gasteiger partial charge in [-0.2, -0.15) is 4.98 Å². The van der Waals surface area contributed by atoms with E-state index in [1.807, 2.05) is 13.0 Å². The highest BCUT2D eigenvalue weighted by Gasteiger charge is 2.28. The van der Waals surface area contributed by atoms with E-state index in [0.29, 0.717) is 24.2 Å². The van der Waals surface area contributed by atoms with Crippen molar-refractivity contribution in [3.05, 3.63) is 24.0 Å². The fraction of sp³-hybridized carbons (Fsp3) is 0.538. The lowest BCUT2D eigenvalue weighted by Crippen LogP contribution is -2.07. The molecule has 4 heteroatoms. The van der Waals surface area contributed by atoms with Crippen LogP contribution < -0.4 is 10.5 Å². The van der Waals surface area contributed by atoms with Crippen molar-refractivity contribution in [3.8, 4) is 5.88 Å². The van der Waals surface area contributed by atoms with Gasteiger partial charge in [0.15, 0.2) is 0 Å². The summed E-state index contributed by atoms with van der Waals surface area (Å²) >= 11 is 0. The van der Waals surface area contributed by atoms with Crippen LogP contribution in [0.25, 0.3) is 0 Å². The molecule has 0 amide bonds. The van der Waals surface area contributed by atoms with Crippen LogP contribution in [-0.4, -0.2) is 16.6 Å². The summed E-state index contributed by atoms with van der Waals surface area (Å²) in [6.45, 7) is 6.23. The maximum Gasteiger partial charge on any atom is 0.221 e. The maximum atomic E-state index is 5.87. The van der Waals surface area contributed by atoms with E-state index in [9.17, 15) is 0 Å². The molecule has 2 rings (SSSR count). The van der Waals surface area contributed by atoms with Gasteiger partial charge in [-0.15, -0.1) is 6.58 Å². The van der Waals surface area contributed by atoms with Crippen molar-refractivity contribution in [1.82, 2.24) is 9.97 Å². The molecule has 0 aliphatic heterocycles. The van der Waals surface area contributed by atoms with E-state index in [1.54, 1.807) is 0 Å². The van der Waals surface area contributed by atoms with Crippen molar-refractivity contribution in [1.29, 1.82) is 0 Å². The molecule has 0 atom stereocenters. The average molecular weight is 233 g/mol. The first kappa shape index (κ1) is 11.9. The smallest absolute Gasteiger partial charge is 0.221 e. The van der Waals surface area contributed by atoms with E-state index < -0.39 is 0 Å². The number of allylic oxidation sites excluding steroid dienone is 1. The Labute approximate surface area is 102 Å². The van der Waals surface area contributed by atoms with Crippen molar-refractivity contribution < 1.29 is 4.74 Å². The SMILES string of the molecule is C=CCCCOc1nc(C2CC2)nc(N)c1C. The number of anilines is 1. The van der Waals surface area contributed by atoms with Crippen LogP contribution in [0.15, 0.2) is 12.7 Å². The van der Waals surface area contributed by atoms with Gasteiger partial charge >= 0.3 is 0 Å². The van der Waals surface area contributed by atoms with Crippen molar-refractivity contribution in [3.63, 3.8) is 0 Å². The summed E-state index contributed by atoms with van der Waals surface area (Å²) in [5, 5.41) is 0. The standard InChI is InChI=1S/C13H19N3O/c1-3-4-5-8-17-13-9(2)11(14)15-12(16-13)10-6-7-10/h3,10H,1,4-8H2,2H3,(H2,14,15,16). The first-order valence-corrected chi connectivity index (χ1v) is 6.10. The zero-order valence-electron chi connectivity index (χ0n) is 10.3. The van der Waals surface area contributed by atoms with Crippen LogP contribution in [0.1, 0.15) is 43.0 Å². The summed E-state index contributed by atoms with van der Waals surface area (Å²) in [6, 6.07) is 0. The number of hydrogen-bond donors (Lipinski definition) is 1. The van der Waals surface area contributed by atoms with Gasteiger partial charge in [-0.05, 0) is 32.6 Å². The van der Waals surface area contributed by atoms with E-state index in [2.05, 4.69) is 16.5 Å². The van der Waals surface area contributed by atoms with E-state index >= 15 is 0 Å². The summed E-state index contributed by atoms with van der Waals surface area (Å²) in [5.74, 6) is 2.52. The van der Waals surface area contributed by atoms with Crippen LogP contribution in [0.3, 0.4) is 0 Å². The minimum absolute atomic E-state index is 0.494. The molecule has 1 saturated carbocycles. The first-order valence-electron chi connectivity index (χ1n) is 6.10. The van der Waals surface area contributed by atoms with E-state index in [-0.39, 0.29) is 0 Å². The molecule has 1 aromatic rings. The van der Waals surface area contributed by atoms with Crippen LogP contribution in [0.5, 0.6) is 5.88 Å². The Morgan fingerprint density at radius 1 is 1.47 bits per heavy atom. The van der Waals surface area contributed by atoms with Gasteiger partial charge in [0.1, 0.15) is 11.6 Å². The van der Waals surface area contributed by atoms with Gasteiger partial charge in [-0.1, -0.05) is 6.08 Å². The minimum Gasteiger partial charge on any atom is -0.477 e. The molecule has 17 heavy (non-hydrogen) atoms. The van der Waals surface area contributed by atoms with Gasteiger partial charge in [-0.25, -0.2) is 4.98 Å². The fourth-order valence-electron chi connectivity index (χ4n) is 1.59. The molecule has 4 nitrogen and oxygen atoms in total. The quantitative estimate of drug-likeness (QED) is 0.606. The highest BCUT2D eigenvalue weighted by atomic mass is 16.5. The molecule has 1 aliphatic carbocycles. The summed E-state index contributed by atoms with van der Waals surface area (Å²) in [7, 11) is 0.